The van der Waals surface area contributed by atoms with Crippen LogP contribution in [0.5, 0.6) is 5.75 Å². The molecule has 1 aromatic carbocycles. The summed E-state index contributed by atoms with van der Waals surface area (Å²) in [5.41, 5.74) is 2.84. The highest BCUT2D eigenvalue weighted by Gasteiger charge is 2.10. The first-order chi connectivity index (χ1) is 8.22. The summed E-state index contributed by atoms with van der Waals surface area (Å²) >= 11 is 0. The standard InChI is InChI=1S/C12H12N2O3/c1-17-10-6-5-9(4-2-3-7-15)11(8-10)12(16)14-13/h5-8H,3,13H2,1H3,(H,14,16). The summed E-state index contributed by atoms with van der Waals surface area (Å²) in [6, 6.07) is 4.85. The molecule has 0 fully saturated rings. The van der Waals surface area contributed by atoms with Gasteiger partial charge >= 0.3 is 0 Å². The molecule has 5 heteroatoms. The lowest BCUT2D eigenvalue weighted by Gasteiger charge is -2.05. The van der Waals surface area contributed by atoms with Gasteiger partial charge in [-0.1, -0.05) is 11.8 Å². The average molecular weight is 232 g/mol. The molecule has 88 valence electrons. The van der Waals surface area contributed by atoms with E-state index < -0.39 is 5.91 Å². The zero-order valence-electron chi connectivity index (χ0n) is 9.32. The lowest BCUT2D eigenvalue weighted by atomic mass is 10.1. The minimum absolute atomic E-state index is 0.121. The highest BCUT2D eigenvalue weighted by Crippen LogP contribution is 2.16. The Balaban J connectivity index is 3.16. The van der Waals surface area contributed by atoms with Gasteiger partial charge < -0.3 is 9.53 Å². The van der Waals surface area contributed by atoms with Gasteiger partial charge in [-0.3, -0.25) is 10.2 Å². The van der Waals surface area contributed by atoms with E-state index in [1.165, 1.54) is 13.2 Å². The van der Waals surface area contributed by atoms with Crippen LogP contribution in [0.4, 0.5) is 0 Å². The molecule has 1 amide bonds. The second-order valence-electron chi connectivity index (χ2n) is 3.06. The van der Waals surface area contributed by atoms with Crippen molar-refractivity contribution in [3.63, 3.8) is 0 Å². The van der Waals surface area contributed by atoms with E-state index in [-0.39, 0.29) is 6.42 Å². The minimum atomic E-state index is -0.459. The number of benzene rings is 1. The van der Waals surface area contributed by atoms with Gasteiger partial charge in [0.25, 0.3) is 5.91 Å². The van der Waals surface area contributed by atoms with Crippen molar-refractivity contribution in [3.05, 3.63) is 29.3 Å². The molecule has 0 heterocycles. The number of rotatable bonds is 3. The molecule has 17 heavy (non-hydrogen) atoms. The third kappa shape index (κ3) is 3.33. The van der Waals surface area contributed by atoms with E-state index in [1.807, 2.05) is 5.43 Å². The number of carbonyl (C=O) groups is 2. The van der Waals surface area contributed by atoms with Crippen LogP contribution in [0.3, 0.4) is 0 Å². The molecule has 0 aliphatic carbocycles. The van der Waals surface area contributed by atoms with Gasteiger partial charge in [-0.2, -0.15) is 0 Å². The Morgan fingerprint density at radius 1 is 1.59 bits per heavy atom. The monoisotopic (exact) mass is 232 g/mol. The average Bonchev–Trinajstić information content (AvgIpc) is 2.38. The normalized spacial score (nSPS) is 8.82. The van der Waals surface area contributed by atoms with Gasteiger partial charge in [-0.25, -0.2) is 5.84 Å². The Morgan fingerprint density at radius 3 is 2.94 bits per heavy atom. The summed E-state index contributed by atoms with van der Waals surface area (Å²) in [4.78, 5) is 21.7. The van der Waals surface area contributed by atoms with Gasteiger partial charge in [0.2, 0.25) is 0 Å². The number of methoxy groups -OCH3 is 1. The molecule has 0 aromatic heterocycles. The van der Waals surface area contributed by atoms with Crippen LogP contribution >= 0.6 is 0 Å². The van der Waals surface area contributed by atoms with Crippen LogP contribution in [0, 0.1) is 11.8 Å². The number of carbonyl (C=O) groups excluding carboxylic acids is 2. The van der Waals surface area contributed by atoms with Gasteiger partial charge in [0.1, 0.15) is 12.0 Å². The van der Waals surface area contributed by atoms with Crippen molar-refractivity contribution in [1.29, 1.82) is 0 Å². The molecule has 0 aliphatic rings. The molecule has 3 N–H and O–H groups in total. The van der Waals surface area contributed by atoms with Crippen molar-refractivity contribution in [2.75, 3.05) is 7.11 Å². The molecular weight excluding hydrogens is 220 g/mol. The third-order valence-electron chi connectivity index (χ3n) is 2.01. The van der Waals surface area contributed by atoms with Crippen LogP contribution in [0.15, 0.2) is 18.2 Å². The number of nitrogens with one attached hydrogen (secondary N) is 1. The second kappa shape index (κ2) is 6.30. The zero-order chi connectivity index (χ0) is 12.7. The molecule has 0 unspecified atom stereocenters. The van der Waals surface area contributed by atoms with E-state index in [0.717, 1.165) is 0 Å². The topological polar surface area (TPSA) is 81.4 Å². The first-order valence-electron chi connectivity index (χ1n) is 4.84. The summed E-state index contributed by atoms with van der Waals surface area (Å²) in [7, 11) is 1.50. The zero-order valence-corrected chi connectivity index (χ0v) is 9.32. The molecule has 0 bridgehead atoms. The number of hydrogen-bond acceptors (Lipinski definition) is 4. The minimum Gasteiger partial charge on any atom is -0.497 e. The Bertz CT molecular complexity index is 486. The molecule has 0 saturated carbocycles. The van der Waals surface area contributed by atoms with Gasteiger partial charge in [-0.15, -0.1) is 0 Å². The van der Waals surface area contributed by atoms with E-state index >= 15 is 0 Å². The molecular formula is C12H12N2O3. The number of nitrogens with two attached hydrogens (primary N) is 1. The van der Waals surface area contributed by atoms with Crippen LogP contribution in [0.2, 0.25) is 0 Å². The summed E-state index contributed by atoms with van der Waals surface area (Å²) < 4.78 is 5.00. The summed E-state index contributed by atoms with van der Waals surface area (Å²) in [6.07, 6.45) is 0.814. The fourth-order valence-electron chi connectivity index (χ4n) is 1.21. The maximum atomic E-state index is 11.5. The van der Waals surface area contributed by atoms with E-state index in [1.54, 1.807) is 12.1 Å². The number of nitrogen functional groups attached to an aromatic ring is 1. The van der Waals surface area contributed by atoms with Crippen molar-refractivity contribution in [2.45, 2.75) is 6.42 Å². The van der Waals surface area contributed by atoms with Crippen molar-refractivity contribution in [3.8, 4) is 17.6 Å². The number of amides is 1. The summed E-state index contributed by atoms with van der Waals surface area (Å²) in [6.45, 7) is 0. The van der Waals surface area contributed by atoms with Crippen molar-refractivity contribution in [1.82, 2.24) is 5.43 Å². The second-order valence-corrected chi connectivity index (χ2v) is 3.06. The van der Waals surface area contributed by atoms with E-state index in [0.29, 0.717) is 23.2 Å². The first-order valence-corrected chi connectivity index (χ1v) is 4.84. The first kappa shape index (κ1) is 12.7. The lowest BCUT2D eigenvalue weighted by Crippen LogP contribution is -2.30. The van der Waals surface area contributed by atoms with Crippen LogP contribution in [0.1, 0.15) is 22.3 Å². The summed E-state index contributed by atoms with van der Waals surface area (Å²) in [5.74, 6) is 10.5. The Hall–Kier alpha value is -2.32. The highest BCUT2D eigenvalue weighted by molar-refractivity contribution is 5.96. The fourth-order valence-corrected chi connectivity index (χ4v) is 1.21. The molecule has 0 spiro atoms. The summed E-state index contributed by atoms with van der Waals surface area (Å²) in [5, 5.41) is 0. The largest absolute Gasteiger partial charge is 0.497 e. The molecule has 1 aromatic rings. The van der Waals surface area contributed by atoms with Crippen LogP contribution in [-0.2, 0) is 4.79 Å². The van der Waals surface area contributed by atoms with Gasteiger partial charge in [0, 0.05) is 5.56 Å². The number of hydrogen-bond donors (Lipinski definition) is 2. The SMILES string of the molecule is COc1ccc(C#CCC=O)c(C(=O)NN)c1. The van der Waals surface area contributed by atoms with E-state index in [4.69, 9.17) is 10.6 Å². The molecule has 0 atom stereocenters. The maximum Gasteiger partial charge on any atom is 0.266 e. The molecule has 0 aliphatic heterocycles. The third-order valence-corrected chi connectivity index (χ3v) is 2.01. The maximum absolute atomic E-state index is 11.5. The molecule has 5 nitrogen and oxygen atoms in total. The Kier molecular flexibility index (Phi) is 4.73. The van der Waals surface area contributed by atoms with Crippen LogP contribution in [0.25, 0.3) is 0 Å². The molecule has 1 rings (SSSR count). The number of ether oxygens (including phenoxy) is 1. The fraction of sp³-hybridized carbons (Fsp3) is 0.167. The quantitative estimate of drug-likeness (QED) is 0.257. The van der Waals surface area contributed by atoms with Gasteiger partial charge in [-0.05, 0) is 18.2 Å². The van der Waals surface area contributed by atoms with Crippen LogP contribution in [-0.4, -0.2) is 19.3 Å². The highest BCUT2D eigenvalue weighted by atomic mass is 16.5. The van der Waals surface area contributed by atoms with E-state index in [2.05, 4.69) is 11.8 Å². The van der Waals surface area contributed by atoms with E-state index in [9.17, 15) is 9.59 Å². The van der Waals surface area contributed by atoms with Gasteiger partial charge in [0.05, 0.1) is 19.1 Å². The van der Waals surface area contributed by atoms with Crippen molar-refractivity contribution in [2.24, 2.45) is 5.84 Å². The Morgan fingerprint density at radius 2 is 2.35 bits per heavy atom. The smallest absolute Gasteiger partial charge is 0.266 e. The van der Waals surface area contributed by atoms with Gasteiger partial charge in [0.15, 0.2) is 0 Å². The van der Waals surface area contributed by atoms with Crippen molar-refractivity contribution < 1.29 is 14.3 Å². The number of hydrazine groups is 1. The number of aldehydes is 1. The predicted octanol–water partition coefficient (Wildman–Crippen LogP) is 0.239. The van der Waals surface area contributed by atoms with Crippen molar-refractivity contribution >= 4 is 12.2 Å². The molecule has 0 radical (unpaired) electrons. The molecule has 0 saturated heterocycles. The van der Waals surface area contributed by atoms with Crippen LogP contribution < -0.4 is 16.0 Å². The Labute approximate surface area is 98.9 Å². The lowest BCUT2D eigenvalue weighted by molar-refractivity contribution is -0.107. The predicted molar refractivity (Wildman–Crippen MR) is 62.2 cm³/mol.